The molecule has 0 bridgehead atoms. The van der Waals surface area contributed by atoms with Gasteiger partial charge in [-0.2, -0.15) is 0 Å². The summed E-state index contributed by atoms with van der Waals surface area (Å²) in [6.07, 6.45) is 2.19. The third-order valence-corrected chi connectivity index (χ3v) is 3.57. The highest BCUT2D eigenvalue weighted by atomic mass is 32.2. The van der Waals surface area contributed by atoms with Crippen LogP contribution in [-0.2, 0) is 6.54 Å². The second-order valence-electron chi connectivity index (χ2n) is 3.74. The minimum Gasteiger partial charge on any atom is -0.313 e. The predicted octanol–water partition coefficient (Wildman–Crippen LogP) is 3.83. The molecule has 3 heteroatoms. The fraction of sp³-hybridized carbons (Fsp3) is 0.538. The predicted molar refractivity (Wildman–Crippen MR) is 69.4 cm³/mol. The van der Waals surface area contributed by atoms with Crippen LogP contribution >= 0.6 is 11.8 Å². The Labute approximate surface area is 102 Å². The van der Waals surface area contributed by atoms with Crippen LogP contribution in [0, 0.1) is 5.82 Å². The van der Waals surface area contributed by atoms with Gasteiger partial charge in [-0.15, -0.1) is 11.8 Å². The van der Waals surface area contributed by atoms with Crippen LogP contribution in [0.5, 0.6) is 0 Å². The molecule has 0 aliphatic carbocycles. The summed E-state index contributed by atoms with van der Waals surface area (Å²) in [5, 5.41) is 3.26. The Morgan fingerprint density at radius 1 is 1.25 bits per heavy atom. The molecule has 1 nitrogen and oxygen atoms in total. The van der Waals surface area contributed by atoms with E-state index in [1.54, 1.807) is 23.9 Å². The molecule has 0 saturated carbocycles. The first-order valence-electron chi connectivity index (χ1n) is 5.90. The van der Waals surface area contributed by atoms with Gasteiger partial charge in [0.05, 0.1) is 0 Å². The van der Waals surface area contributed by atoms with Crippen molar-refractivity contribution in [3.05, 3.63) is 29.6 Å². The van der Waals surface area contributed by atoms with E-state index in [4.69, 9.17) is 0 Å². The molecule has 0 saturated heterocycles. The lowest BCUT2D eigenvalue weighted by Crippen LogP contribution is -2.15. The topological polar surface area (TPSA) is 12.0 Å². The van der Waals surface area contributed by atoms with E-state index in [0.717, 1.165) is 35.6 Å². The molecule has 16 heavy (non-hydrogen) atoms. The zero-order valence-electron chi connectivity index (χ0n) is 10.1. The van der Waals surface area contributed by atoms with E-state index in [-0.39, 0.29) is 5.82 Å². The van der Waals surface area contributed by atoms with Crippen molar-refractivity contribution >= 4 is 11.8 Å². The molecule has 0 heterocycles. The van der Waals surface area contributed by atoms with Crippen LogP contribution in [0.25, 0.3) is 0 Å². The molecular formula is C13H20FNS. The fourth-order valence-electron chi connectivity index (χ4n) is 1.45. The number of thioether (sulfide) groups is 1. The van der Waals surface area contributed by atoms with Crippen LogP contribution < -0.4 is 5.32 Å². The van der Waals surface area contributed by atoms with E-state index < -0.39 is 0 Å². The first-order chi connectivity index (χ1) is 7.79. The highest BCUT2D eigenvalue weighted by molar-refractivity contribution is 7.99. The molecule has 0 spiro atoms. The first-order valence-corrected chi connectivity index (χ1v) is 6.89. The number of halogens is 1. The molecule has 0 amide bonds. The lowest BCUT2D eigenvalue weighted by atomic mass is 10.2. The summed E-state index contributed by atoms with van der Waals surface area (Å²) >= 11 is 1.74. The fourth-order valence-corrected chi connectivity index (χ4v) is 2.39. The Kier molecular flexibility index (Phi) is 6.50. The summed E-state index contributed by atoms with van der Waals surface area (Å²) in [6.45, 7) is 5.82. The van der Waals surface area contributed by atoms with E-state index in [9.17, 15) is 4.39 Å². The zero-order chi connectivity index (χ0) is 11.8. The average molecular weight is 241 g/mol. The maximum atomic E-state index is 13.7. The molecule has 1 rings (SSSR count). The van der Waals surface area contributed by atoms with Crippen LogP contribution in [0.1, 0.15) is 32.3 Å². The van der Waals surface area contributed by atoms with Gasteiger partial charge in [-0.1, -0.05) is 19.9 Å². The average Bonchev–Trinajstić information content (AvgIpc) is 2.29. The number of hydrogen-bond donors (Lipinski definition) is 1. The van der Waals surface area contributed by atoms with Crippen LogP contribution in [0.15, 0.2) is 23.1 Å². The van der Waals surface area contributed by atoms with Crippen molar-refractivity contribution in [1.82, 2.24) is 5.32 Å². The maximum Gasteiger partial charge on any atom is 0.128 e. The molecule has 1 N–H and O–H groups in total. The quantitative estimate of drug-likeness (QED) is 0.575. The van der Waals surface area contributed by atoms with Gasteiger partial charge in [0, 0.05) is 17.0 Å². The van der Waals surface area contributed by atoms with Crippen molar-refractivity contribution in [1.29, 1.82) is 0 Å². The second-order valence-corrected chi connectivity index (χ2v) is 4.88. The Hall–Kier alpha value is -0.540. The minimum atomic E-state index is -0.0929. The van der Waals surface area contributed by atoms with Gasteiger partial charge < -0.3 is 5.32 Å². The van der Waals surface area contributed by atoms with Gasteiger partial charge in [0.1, 0.15) is 5.82 Å². The highest BCUT2D eigenvalue weighted by Crippen LogP contribution is 2.25. The molecule has 0 aromatic heterocycles. The summed E-state index contributed by atoms with van der Waals surface area (Å²) < 4.78 is 13.7. The molecule has 1 aromatic rings. The van der Waals surface area contributed by atoms with Crippen LogP contribution in [0.3, 0.4) is 0 Å². The van der Waals surface area contributed by atoms with E-state index in [1.807, 2.05) is 6.07 Å². The van der Waals surface area contributed by atoms with Crippen molar-refractivity contribution in [2.45, 2.75) is 38.1 Å². The van der Waals surface area contributed by atoms with E-state index in [1.165, 1.54) is 0 Å². The third-order valence-electron chi connectivity index (χ3n) is 2.27. The second kappa shape index (κ2) is 7.69. The lowest BCUT2D eigenvalue weighted by molar-refractivity contribution is 0.578. The van der Waals surface area contributed by atoms with Crippen LogP contribution in [0.4, 0.5) is 4.39 Å². The Bertz CT molecular complexity index is 315. The number of nitrogens with one attached hydrogen (secondary N) is 1. The van der Waals surface area contributed by atoms with Gasteiger partial charge in [0.2, 0.25) is 0 Å². The van der Waals surface area contributed by atoms with Gasteiger partial charge in [-0.25, -0.2) is 4.39 Å². The molecule has 0 atom stereocenters. The summed E-state index contributed by atoms with van der Waals surface area (Å²) in [5.74, 6) is 0.953. The Morgan fingerprint density at radius 3 is 2.75 bits per heavy atom. The first kappa shape index (κ1) is 13.5. The molecule has 0 aliphatic rings. The summed E-state index contributed by atoms with van der Waals surface area (Å²) in [5.41, 5.74) is 0.814. The van der Waals surface area contributed by atoms with E-state index >= 15 is 0 Å². The van der Waals surface area contributed by atoms with Gasteiger partial charge in [-0.3, -0.25) is 0 Å². The SMILES string of the molecule is CCCNCc1c(F)cccc1SCCC. The van der Waals surface area contributed by atoms with Crippen molar-refractivity contribution in [2.24, 2.45) is 0 Å². The molecule has 0 aliphatic heterocycles. The molecule has 0 radical (unpaired) electrons. The van der Waals surface area contributed by atoms with Gasteiger partial charge in [-0.05, 0) is 37.3 Å². The van der Waals surface area contributed by atoms with Crippen molar-refractivity contribution in [3.8, 4) is 0 Å². The Balaban J connectivity index is 2.69. The molecule has 0 unspecified atom stereocenters. The van der Waals surface area contributed by atoms with Crippen molar-refractivity contribution in [3.63, 3.8) is 0 Å². The maximum absolute atomic E-state index is 13.7. The normalized spacial score (nSPS) is 10.7. The van der Waals surface area contributed by atoms with Crippen molar-refractivity contribution < 1.29 is 4.39 Å². The number of rotatable bonds is 7. The Morgan fingerprint density at radius 2 is 2.06 bits per heavy atom. The number of benzene rings is 1. The molecular weight excluding hydrogens is 221 g/mol. The molecule has 0 fully saturated rings. The summed E-state index contributed by atoms with van der Waals surface area (Å²) in [4.78, 5) is 1.07. The van der Waals surface area contributed by atoms with E-state index in [0.29, 0.717) is 6.54 Å². The lowest BCUT2D eigenvalue weighted by Gasteiger charge is -2.10. The van der Waals surface area contributed by atoms with Crippen LogP contribution in [0.2, 0.25) is 0 Å². The number of hydrogen-bond acceptors (Lipinski definition) is 2. The smallest absolute Gasteiger partial charge is 0.128 e. The standard InChI is InChI=1S/C13H20FNS/c1-3-8-15-10-11-12(14)6-5-7-13(11)16-9-4-2/h5-7,15H,3-4,8-10H2,1-2H3. The summed E-state index contributed by atoms with van der Waals surface area (Å²) in [7, 11) is 0. The minimum absolute atomic E-state index is 0.0929. The molecule has 1 aromatic carbocycles. The zero-order valence-corrected chi connectivity index (χ0v) is 10.9. The highest BCUT2D eigenvalue weighted by Gasteiger charge is 2.07. The third kappa shape index (κ3) is 4.14. The van der Waals surface area contributed by atoms with Crippen molar-refractivity contribution in [2.75, 3.05) is 12.3 Å². The summed E-state index contributed by atoms with van der Waals surface area (Å²) in [6, 6.07) is 5.34. The monoisotopic (exact) mass is 241 g/mol. The van der Waals surface area contributed by atoms with E-state index in [2.05, 4.69) is 19.2 Å². The van der Waals surface area contributed by atoms with Gasteiger partial charge in [0.25, 0.3) is 0 Å². The molecule has 90 valence electrons. The van der Waals surface area contributed by atoms with Gasteiger partial charge in [0.15, 0.2) is 0 Å². The van der Waals surface area contributed by atoms with Crippen LogP contribution in [-0.4, -0.2) is 12.3 Å². The van der Waals surface area contributed by atoms with Gasteiger partial charge >= 0.3 is 0 Å². The largest absolute Gasteiger partial charge is 0.313 e.